The van der Waals surface area contributed by atoms with Gasteiger partial charge < -0.3 is 15.2 Å². The molecular weight excluding hydrogens is 372 g/mol. The van der Waals surface area contributed by atoms with E-state index in [1.165, 1.54) is 24.3 Å². The molecule has 0 fully saturated rings. The van der Waals surface area contributed by atoms with Gasteiger partial charge in [0.1, 0.15) is 0 Å². The minimum atomic E-state index is -0.534. The minimum Gasteiger partial charge on any atom is -0.370 e. The van der Waals surface area contributed by atoms with Crippen molar-refractivity contribution < 1.29 is 9.72 Å². The lowest BCUT2D eigenvalue weighted by Crippen LogP contribution is -2.35. The molecule has 0 spiro atoms. The number of fused-ring (bicyclic) bond motifs is 1. The van der Waals surface area contributed by atoms with Crippen molar-refractivity contribution in [1.29, 1.82) is 0 Å². The van der Waals surface area contributed by atoms with E-state index in [1.54, 1.807) is 0 Å². The van der Waals surface area contributed by atoms with Gasteiger partial charge in [-0.3, -0.25) is 19.7 Å². The second kappa shape index (κ2) is 8.55. The number of hydrogen-bond donors (Lipinski definition) is 2. The van der Waals surface area contributed by atoms with Crippen molar-refractivity contribution in [2.24, 2.45) is 0 Å². The van der Waals surface area contributed by atoms with Crippen LogP contribution in [0.5, 0.6) is 0 Å². The summed E-state index contributed by atoms with van der Waals surface area (Å²) in [6, 6.07) is 13.2. The highest BCUT2D eigenvalue weighted by Gasteiger charge is 2.16. The van der Waals surface area contributed by atoms with Crippen molar-refractivity contribution in [2.45, 2.75) is 13.8 Å². The van der Waals surface area contributed by atoms with Crippen LogP contribution in [0.1, 0.15) is 22.8 Å². The Balaban J connectivity index is 1.79. The van der Waals surface area contributed by atoms with Crippen LogP contribution in [0.25, 0.3) is 10.9 Å². The molecule has 2 N–H and O–H groups in total. The number of H-pyrrole nitrogens is 1. The number of aromatic nitrogens is 1. The first kappa shape index (κ1) is 20.1. The minimum absolute atomic E-state index is 0.117. The molecule has 0 unspecified atom stereocenters. The maximum absolute atomic E-state index is 12.7. The van der Waals surface area contributed by atoms with Crippen molar-refractivity contribution >= 4 is 28.2 Å². The number of amides is 1. The quantitative estimate of drug-likeness (QED) is 0.473. The Labute approximate surface area is 167 Å². The normalized spacial score (nSPS) is 10.7. The fourth-order valence-electron chi connectivity index (χ4n) is 3.31. The summed E-state index contributed by atoms with van der Waals surface area (Å²) in [4.78, 5) is 39.9. The largest absolute Gasteiger partial charge is 0.370 e. The molecule has 3 rings (SSSR count). The summed E-state index contributed by atoms with van der Waals surface area (Å²) in [6.07, 6.45) is 0. The Bertz CT molecular complexity index is 1120. The predicted octanol–water partition coefficient (Wildman–Crippen LogP) is 3.00. The number of anilines is 1. The highest BCUT2D eigenvalue weighted by Crippen LogP contribution is 2.22. The molecule has 1 aromatic heterocycles. The summed E-state index contributed by atoms with van der Waals surface area (Å²) in [6.45, 7) is 5.81. The molecule has 0 aliphatic carbocycles. The van der Waals surface area contributed by atoms with Crippen molar-refractivity contribution in [3.8, 4) is 0 Å². The third kappa shape index (κ3) is 4.43. The zero-order chi connectivity index (χ0) is 21.0. The number of benzene rings is 2. The molecule has 1 heterocycles. The highest BCUT2D eigenvalue weighted by atomic mass is 16.6. The first-order chi connectivity index (χ1) is 13.9. The third-order valence-corrected chi connectivity index (χ3v) is 4.79. The van der Waals surface area contributed by atoms with E-state index in [4.69, 9.17) is 0 Å². The van der Waals surface area contributed by atoms with Gasteiger partial charge >= 0.3 is 0 Å². The average molecular weight is 394 g/mol. The maximum atomic E-state index is 12.7. The van der Waals surface area contributed by atoms with Gasteiger partial charge in [0.05, 0.1) is 10.5 Å². The van der Waals surface area contributed by atoms with Crippen LogP contribution in [-0.2, 0) is 0 Å². The lowest BCUT2D eigenvalue weighted by Gasteiger charge is -2.25. The van der Waals surface area contributed by atoms with Crippen molar-refractivity contribution in [3.63, 3.8) is 0 Å². The Morgan fingerprint density at radius 2 is 1.97 bits per heavy atom. The fourth-order valence-corrected chi connectivity index (χ4v) is 3.31. The number of pyridine rings is 1. The van der Waals surface area contributed by atoms with Gasteiger partial charge in [0.25, 0.3) is 11.6 Å². The van der Waals surface area contributed by atoms with Gasteiger partial charge in [-0.15, -0.1) is 0 Å². The lowest BCUT2D eigenvalue weighted by molar-refractivity contribution is -0.384. The fraction of sp³-hybridized carbons (Fsp3) is 0.238. The van der Waals surface area contributed by atoms with E-state index in [2.05, 4.69) is 15.2 Å². The first-order valence-corrected chi connectivity index (χ1v) is 9.31. The predicted molar refractivity (Wildman–Crippen MR) is 113 cm³/mol. The molecule has 8 nitrogen and oxygen atoms in total. The van der Waals surface area contributed by atoms with Crippen LogP contribution in [0, 0.1) is 17.0 Å². The van der Waals surface area contributed by atoms with E-state index in [9.17, 15) is 19.7 Å². The number of nitrogens with one attached hydrogen (secondary N) is 2. The Hall–Kier alpha value is -3.68. The molecular formula is C21H22N4O4. The van der Waals surface area contributed by atoms with Gasteiger partial charge in [-0.05, 0) is 31.5 Å². The van der Waals surface area contributed by atoms with E-state index in [0.717, 1.165) is 17.8 Å². The second-order valence-corrected chi connectivity index (χ2v) is 6.66. The Morgan fingerprint density at radius 1 is 1.21 bits per heavy atom. The molecule has 150 valence electrons. The summed E-state index contributed by atoms with van der Waals surface area (Å²) < 4.78 is 0. The molecule has 0 radical (unpaired) electrons. The van der Waals surface area contributed by atoms with Crippen LogP contribution in [-0.4, -0.2) is 35.4 Å². The van der Waals surface area contributed by atoms with Crippen LogP contribution in [0.4, 0.5) is 11.4 Å². The van der Waals surface area contributed by atoms with Crippen LogP contribution in [0.15, 0.2) is 53.3 Å². The summed E-state index contributed by atoms with van der Waals surface area (Å²) in [5, 5.41) is 14.2. The number of likely N-dealkylation sites (N-methyl/N-ethyl adjacent to an activating group) is 1. The number of nitro groups is 1. The number of nitrogens with zero attached hydrogens (tertiary/aromatic N) is 2. The van der Waals surface area contributed by atoms with Gasteiger partial charge in [0.2, 0.25) is 5.56 Å². The molecule has 8 heteroatoms. The van der Waals surface area contributed by atoms with E-state index < -0.39 is 16.4 Å². The number of hydrogen-bond acceptors (Lipinski definition) is 5. The van der Waals surface area contributed by atoms with E-state index in [-0.39, 0.29) is 11.3 Å². The summed E-state index contributed by atoms with van der Waals surface area (Å²) in [5.74, 6) is -0.442. The first-order valence-electron chi connectivity index (χ1n) is 9.31. The molecule has 0 bridgehead atoms. The number of rotatable bonds is 7. The van der Waals surface area contributed by atoms with Gasteiger partial charge in [-0.25, -0.2) is 0 Å². The number of aryl methyl sites for hydroxylation is 1. The summed E-state index contributed by atoms with van der Waals surface area (Å²) in [7, 11) is 0. The van der Waals surface area contributed by atoms with Crippen molar-refractivity contribution in [2.75, 3.05) is 24.5 Å². The van der Waals surface area contributed by atoms with E-state index in [0.29, 0.717) is 24.0 Å². The van der Waals surface area contributed by atoms with E-state index in [1.807, 2.05) is 38.1 Å². The van der Waals surface area contributed by atoms with Crippen LogP contribution in [0.2, 0.25) is 0 Å². The topological polar surface area (TPSA) is 108 Å². The van der Waals surface area contributed by atoms with Gasteiger partial charge in [-0.2, -0.15) is 0 Å². The smallest absolute Gasteiger partial charge is 0.270 e. The summed E-state index contributed by atoms with van der Waals surface area (Å²) >= 11 is 0. The van der Waals surface area contributed by atoms with Crippen molar-refractivity contribution in [1.82, 2.24) is 10.3 Å². The lowest BCUT2D eigenvalue weighted by atomic mass is 10.1. The SMILES string of the molecule is CCN(CCNC(=O)c1cc(=O)[nH]c2ccc([N+](=O)[O-])cc12)c1ccccc1C. The Kier molecular flexibility index (Phi) is 5.92. The molecule has 3 aromatic rings. The molecule has 1 amide bonds. The Morgan fingerprint density at radius 3 is 2.66 bits per heavy atom. The summed E-state index contributed by atoms with van der Waals surface area (Å²) in [5.41, 5.74) is 2.16. The number of carbonyl (C=O) groups is 1. The monoisotopic (exact) mass is 394 g/mol. The number of para-hydroxylation sites is 1. The molecule has 0 aliphatic rings. The number of nitro benzene ring substituents is 1. The van der Waals surface area contributed by atoms with E-state index >= 15 is 0 Å². The number of aromatic amines is 1. The third-order valence-electron chi connectivity index (χ3n) is 4.79. The number of carbonyl (C=O) groups excluding carboxylic acids is 1. The average Bonchev–Trinajstić information content (AvgIpc) is 2.70. The van der Waals surface area contributed by atoms with Crippen LogP contribution < -0.4 is 15.8 Å². The van der Waals surface area contributed by atoms with Crippen LogP contribution >= 0.6 is 0 Å². The molecule has 0 saturated carbocycles. The molecule has 0 atom stereocenters. The van der Waals surface area contributed by atoms with Gasteiger partial charge in [-0.1, -0.05) is 18.2 Å². The highest BCUT2D eigenvalue weighted by molar-refractivity contribution is 6.06. The standard InChI is InChI=1S/C21H22N4O4/c1-3-24(19-7-5-4-6-14(19)2)11-10-22-21(27)17-13-20(26)23-18-9-8-15(25(28)29)12-16(17)18/h4-9,12-13H,3,10-11H2,1-2H3,(H,22,27)(H,23,26). The maximum Gasteiger partial charge on any atom is 0.270 e. The zero-order valence-corrected chi connectivity index (χ0v) is 16.3. The number of non-ortho nitro benzene ring substituents is 1. The van der Waals surface area contributed by atoms with Crippen molar-refractivity contribution in [3.05, 3.63) is 80.1 Å². The van der Waals surface area contributed by atoms with Gasteiger partial charge in [0, 0.05) is 54.4 Å². The van der Waals surface area contributed by atoms with Crippen LogP contribution in [0.3, 0.4) is 0 Å². The molecule has 0 saturated heterocycles. The van der Waals surface area contributed by atoms with Gasteiger partial charge in [0.15, 0.2) is 0 Å². The molecule has 0 aliphatic heterocycles. The molecule has 29 heavy (non-hydrogen) atoms. The molecule has 2 aromatic carbocycles. The zero-order valence-electron chi connectivity index (χ0n) is 16.3. The second-order valence-electron chi connectivity index (χ2n) is 6.66.